The maximum Gasteiger partial charge on any atom is 0.235 e. The van der Waals surface area contributed by atoms with E-state index in [0.717, 1.165) is 32.4 Å². The maximum absolute atomic E-state index is 12.7. The van der Waals surface area contributed by atoms with E-state index < -0.39 is 5.41 Å². The lowest BCUT2D eigenvalue weighted by molar-refractivity contribution is -0.144. The molecule has 1 unspecified atom stereocenters. The van der Waals surface area contributed by atoms with E-state index in [0.29, 0.717) is 16.8 Å². The Hall–Kier alpha value is -0.640. The fourth-order valence-electron chi connectivity index (χ4n) is 2.77. The van der Waals surface area contributed by atoms with E-state index in [1.165, 1.54) is 0 Å². The second kappa shape index (κ2) is 6.00. The Labute approximate surface area is 116 Å². The van der Waals surface area contributed by atoms with Crippen molar-refractivity contribution < 1.29 is 4.79 Å². The van der Waals surface area contributed by atoms with Crippen LogP contribution >= 0.6 is 12.2 Å². The lowest BCUT2D eigenvalue weighted by Gasteiger charge is -2.46. The third-order valence-corrected chi connectivity index (χ3v) is 4.56. The molecule has 18 heavy (non-hydrogen) atoms. The third kappa shape index (κ3) is 2.85. The van der Waals surface area contributed by atoms with Crippen molar-refractivity contribution in [2.45, 2.75) is 47.0 Å². The summed E-state index contributed by atoms with van der Waals surface area (Å²) in [5, 5.41) is 0. The summed E-state index contributed by atoms with van der Waals surface area (Å²) in [7, 11) is 0. The van der Waals surface area contributed by atoms with Crippen LogP contribution in [0.25, 0.3) is 0 Å². The average molecular weight is 270 g/mol. The summed E-state index contributed by atoms with van der Waals surface area (Å²) in [5.41, 5.74) is 5.29. The van der Waals surface area contributed by atoms with Crippen LogP contribution in [0.4, 0.5) is 0 Å². The monoisotopic (exact) mass is 270 g/mol. The van der Waals surface area contributed by atoms with Crippen LogP contribution in [-0.2, 0) is 4.79 Å². The zero-order valence-corrected chi connectivity index (χ0v) is 12.8. The second-order valence-electron chi connectivity index (χ2n) is 5.82. The Balaban J connectivity index is 2.79. The predicted octanol–water partition coefficient (Wildman–Crippen LogP) is 2.58. The summed E-state index contributed by atoms with van der Waals surface area (Å²) in [6.45, 7) is 10.0. The number of nitrogens with zero attached hydrogens (tertiary/aromatic N) is 1. The van der Waals surface area contributed by atoms with Gasteiger partial charge in [-0.15, -0.1) is 0 Å². The Morgan fingerprint density at radius 2 is 2.06 bits per heavy atom. The largest absolute Gasteiger partial charge is 0.392 e. The van der Waals surface area contributed by atoms with E-state index in [1.807, 2.05) is 11.8 Å². The first-order valence-corrected chi connectivity index (χ1v) is 7.37. The van der Waals surface area contributed by atoms with Crippen LogP contribution in [0.5, 0.6) is 0 Å². The lowest BCUT2D eigenvalue weighted by Crippen LogP contribution is -2.57. The fraction of sp³-hybridized carbons (Fsp3) is 0.857. The first-order valence-electron chi connectivity index (χ1n) is 6.96. The molecular weight excluding hydrogens is 244 g/mol. The quantitative estimate of drug-likeness (QED) is 0.755. The first-order chi connectivity index (χ1) is 8.37. The average Bonchev–Trinajstić information content (AvgIpc) is 2.29. The van der Waals surface area contributed by atoms with Gasteiger partial charge in [-0.25, -0.2) is 0 Å². The van der Waals surface area contributed by atoms with E-state index in [9.17, 15) is 4.79 Å². The summed E-state index contributed by atoms with van der Waals surface area (Å²) in [6.07, 6.45) is 2.72. The van der Waals surface area contributed by atoms with E-state index in [-0.39, 0.29) is 5.91 Å². The van der Waals surface area contributed by atoms with Gasteiger partial charge in [0.1, 0.15) is 0 Å². The molecule has 0 aliphatic heterocycles. The minimum absolute atomic E-state index is 0.149. The van der Waals surface area contributed by atoms with Gasteiger partial charge < -0.3 is 10.6 Å². The summed E-state index contributed by atoms with van der Waals surface area (Å²) in [6, 6.07) is 0. The highest BCUT2D eigenvalue weighted by Gasteiger charge is 2.52. The normalized spacial score (nSPS) is 28.3. The predicted molar refractivity (Wildman–Crippen MR) is 79.3 cm³/mol. The van der Waals surface area contributed by atoms with Crippen molar-refractivity contribution in [2.24, 2.45) is 23.0 Å². The van der Waals surface area contributed by atoms with Crippen molar-refractivity contribution in [3.8, 4) is 0 Å². The van der Waals surface area contributed by atoms with Crippen LogP contribution in [0.15, 0.2) is 0 Å². The minimum Gasteiger partial charge on any atom is -0.392 e. The van der Waals surface area contributed by atoms with Gasteiger partial charge in [-0.05, 0) is 31.6 Å². The van der Waals surface area contributed by atoms with Crippen LogP contribution in [0.3, 0.4) is 0 Å². The molecule has 104 valence electrons. The smallest absolute Gasteiger partial charge is 0.235 e. The SMILES string of the molecule is CCC(C)CN(CC)C(=O)C1(C(N)=S)CC(C)C1. The summed E-state index contributed by atoms with van der Waals surface area (Å²) in [4.78, 5) is 15.0. The van der Waals surface area contributed by atoms with Gasteiger partial charge >= 0.3 is 0 Å². The van der Waals surface area contributed by atoms with Crippen molar-refractivity contribution in [1.29, 1.82) is 0 Å². The van der Waals surface area contributed by atoms with E-state index in [1.54, 1.807) is 0 Å². The number of amides is 1. The van der Waals surface area contributed by atoms with E-state index in [2.05, 4.69) is 20.8 Å². The minimum atomic E-state index is -0.543. The van der Waals surface area contributed by atoms with Crippen LogP contribution < -0.4 is 5.73 Å². The molecule has 0 radical (unpaired) electrons. The van der Waals surface area contributed by atoms with Crippen LogP contribution in [-0.4, -0.2) is 28.9 Å². The topological polar surface area (TPSA) is 46.3 Å². The second-order valence-corrected chi connectivity index (χ2v) is 6.26. The van der Waals surface area contributed by atoms with Gasteiger partial charge in [0, 0.05) is 13.1 Å². The van der Waals surface area contributed by atoms with Crippen LogP contribution in [0.1, 0.15) is 47.0 Å². The van der Waals surface area contributed by atoms with E-state index in [4.69, 9.17) is 18.0 Å². The molecule has 1 amide bonds. The molecule has 0 aromatic carbocycles. The summed E-state index contributed by atoms with van der Waals surface area (Å²) < 4.78 is 0. The molecule has 1 aliphatic rings. The molecule has 1 aliphatic carbocycles. The number of carbonyl (C=O) groups is 1. The van der Waals surface area contributed by atoms with Gasteiger partial charge in [-0.3, -0.25) is 4.79 Å². The molecule has 0 saturated heterocycles. The maximum atomic E-state index is 12.7. The van der Waals surface area contributed by atoms with E-state index >= 15 is 0 Å². The molecule has 1 rings (SSSR count). The Morgan fingerprint density at radius 3 is 2.39 bits per heavy atom. The number of rotatable bonds is 6. The van der Waals surface area contributed by atoms with Crippen molar-refractivity contribution in [2.75, 3.05) is 13.1 Å². The highest BCUT2D eigenvalue weighted by molar-refractivity contribution is 7.80. The molecule has 1 fully saturated rings. The van der Waals surface area contributed by atoms with Gasteiger partial charge in [-0.1, -0.05) is 39.4 Å². The number of thiocarbonyl (C=S) groups is 1. The van der Waals surface area contributed by atoms with Gasteiger partial charge in [0.25, 0.3) is 0 Å². The number of hydrogen-bond acceptors (Lipinski definition) is 2. The fourth-order valence-corrected chi connectivity index (χ4v) is 3.03. The molecule has 0 aromatic rings. The van der Waals surface area contributed by atoms with Crippen molar-refractivity contribution in [3.05, 3.63) is 0 Å². The lowest BCUT2D eigenvalue weighted by atomic mass is 9.61. The highest BCUT2D eigenvalue weighted by atomic mass is 32.1. The highest BCUT2D eigenvalue weighted by Crippen LogP contribution is 2.47. The van der Waals surface area contributed by atoms with Crippen molar-refractivity contribution >= 4 is 23.1 Å². The summed E-state index contributed by atoms with van der Waals surface area (Å²) >= 11 is 5.15. The van der Waals surface area contributed by atoms with Gasteiger partial charge in [0.05, 0.1) is 10.4 Å². The standard InChI is InChI=1S/C14H26N2OS/c1-5-10(3)9-16(6-2)13(17)14(12(15)18)7-11(4)8-14/h10-11H,5-9H2,1-4H3,(H2,15,18). The first kappa shape index (κ1) is 15.4. The molecule has 2 N–H and O–H groups in total. The number of hydrogen-bond donors (Lipinski definition) is 1. The molecule has 1 saturated carbocycles. The zero-order chi connectivity index (χ0) is 13.9. The number of nitrogens with two attached hydrogens (primary N) is 1. The molecule has 1 atom stereocenters. The zero-order valence-electron chi connectivity index (χ0n) is 12.0. The molecule has 3 nitrogen and oxygen atoms in total. The molecule has 0 bridgehead atoms. The van der Waals surface area contributed by atoms with Crippen molar-refractivity contribution in [1.82, 2.24) is 4.90 Å². The molecule has 0 heterocycles. The van der Waals surface area contributed by atoms with Gasteiger partial charge in [0.15, 0.2) is 0 Å². The van der Waals surface area contributed by atoms with Crippen molar-refractivity contribution in [3.63, 3.8) is 0 Å². The molecule has 4 heteroatoms. The van der Waals surface area contributed by atoms with Crippen LogP contribution in [0.2, 0.25) is 0 Å². The van der Waals surface area contributed by atoms with Gasteiger partial charge in [-0.2, -0.15) is 0 Å². The van der Waals surface area contributed by atoms with Crippen LogP contribution in [0, 0.1) is 17.3 Å². The third-order valence-electron chi connectivity index (χ3n) is 4.17. The Morgan fingerprint density at radius 1 is 1.50 bits per heavy atom. The summed E-state index contributed by atoms with van der Waals surface area (Å²) in [5.74, 6) is 1.23. The number of carbonyl (C=O) groups excluding carboxylic acids is 1. The Bertz CT molecular complexity index is 324. The molecule has 0 spiro atoms. The Kier molecular flexibility index (Phi) is 5.14. The van der Waals surface area contributed by atoms with Gasteiger partial charge in [0.2, 0.25) is 5.91 Å². The molecule has 0 aromatic heterocycles. The molecular formula is C14H26N2OS.